The molecule has 0 spiro atoms. The summed E-state index contributed by atoms with van der Waals surface area (Å²) in [6.07, 6.45) is 3.80. The van der Waals surface area contributed by atoms with Crippen molar-refractivity contribution >= 4 is 17.3 Å². The van der Waals surface area contributed by atoms with Gasteiger partial charge in [-0.3, -0.25) is 0 Å². The molecular weight excluding hydrogens is 200 g/mol. The number of ether oxygens (including phenoxy) is 1. The average Bonchev–Trinajstić information content (AvgIpc) is 2.50. The quantitative estimate of drug-likeness (QED) is 0.834. The number of hydrogen-bond donors (Lipinski definition) is 1. The van der Waals surface area contributed by atoms with E-state index in [2.05, 4.69) is 0 Å². The van der Waals surface area contributed by atoms with Crippen molar-refractivity contribution in [2.45, 2.75) is 19.3 Å². The number of carboxylic acid groups (broad SMARTS) is 1. The summed E-state index contributed by atoms with van der Waals surface area (Å²) in [7, 11) is 0. The van der Waals surface area contributed by atoms with Gasteiger partial charge in [0.05, 0.1) is 6.61 Å². The van der Waals surface area contributed by atoms with Crippen molar-refractivity contribution in [2.75, 3.05) is 6.61 Å². The molecule has 2 rings (SSSR count). The number of rotatable bonds is 4. The molecule has 0 atom stereocenters. The second-order valence-corrected chi connectivity index (χ2v) is 4.47. The summed E-state index contributed by atoms with van der Waals surface area (Å²) in [4.78, 5) is 10.9. The monoisotopic (exact) mass is 212 g/mol. The van der Waals surface area contributed by atoms with E-state index in [1.807, 2.05) is 0 Å². The van der Waals surface area contributed by atoms with E-state index in [0.29, 0.717) is 16.5 Å². The average molecular weight is 212 g/mol. The minimum Gasteiger partial charge on any atom is -0.492 e. The van der Waals surface area contributed by atoms with Gasteiger partial charge in [0, 0.05) is 11.4 Å². The van der Waals surface area contributed by atoms with Gasteiger partial charge in [0.1, 0.15) is 10.6 Å². The maximum Gasteiger partial charge on any atom is 0.346 e. The first-order valence-corrected chi connectivity index (χ1v) is 5.58. The Balaban J connectivity index is 1.86. The third-order valence-electron chi connectivity index (χ3n) is 2.50. The minimum absolute atomic E-state index is 0.341. The highest BCUT2D eigenvalue weighted by Gasteiger charge is 2.18. The zero-order chi connectivity index (χ0) is 9.97. The molecule has 0 aromatic carbocycles. The normalized spacial score (nSPS) is 16.3. The largest absolute Gasteiger partial charge is 0.492 e. The molecule has 1 aliphatic carbocycles. The van der Waals surface area contributed by atoms with Crippen molar-refractivity contribution in [3.63, 3.8) is 0 Å². The Bertz CT molecular complexity index is 328. The van der Waals surface area contributed by atoms with E-state index in [9.17, 15) is 4.79 Å². The topological polar surface area (TPSA) is 46.5 Å². The number of hydrogen-bond acceptors (Lipinski definition) is 3. The third-order valence-corrected chi connectivity index (χ3v) is 3.39. The SMILES string of the molecule is O=C(O)c1cc(OCC2CCC2)cs1. The lowest BCUT2D eigenvalue weighted by Crippen LogP contribution is -2.19. The zero-order valence-electron chi connectivity index (χ0n) is 7.73. The van der Waals surface area contributed by atoms with Crippen LogP contribution in [0.15, 0.2) is 11.4 Å². The van der Waals surface area contributed by atoms with Crippen LogP contribution in [0.5, 0.6) is 5.75 Å². The molecule has 1 fully saturated rings. The van der Waals surface area contributed by atoms with Gasteiger partial charge in [-0.05, 0) is 18.8 Å². The highest BCUT2D eigenvalue weighted by Crippen LogP contribution is 2.28. The van der Waals surface area contributed by atoms with Crippen molar-refractivity contribution in [2.24, 2.45) is 5.92 Å². The van der Waals surface area contributed by atoms with E-state index in [1.165, 1.54) is 30.6 Å². The fraction of sp³-hybridized carbons (Fsp3) is 0.500. The third kappa shape index (κ3) is 2.07. The molecule has 3 nitrogen and oxygen atoms in total. The molecule has 4 heteroatoms. The van der Waals surface area contributed by atoms with Gasteiger partial charge >= 0.3 is 5.97 Å². The van der Waals surface area contributed by atoms with Crippen LogP contribution in [0.3, 0.4) is 0 Å². The van der Waals surface area contributed by atoms with Crippen molar-refractivity contribution < 1.29 is 14.6 Å². The van der Waals surface area contributed by atoms with Crippen molar-refractivity contribution in [1.82, 2.24) is 0 Å². The summed E-state index contributed by atoms with van der Waals surface area (Å²) in [6, 6.07) is 1.59. The smallest absolute Gasteiger partial charge is 0.346 e. The summed E-state index contributed by atoms with van der Waals surface area (Å²) in [5.74, 6) is 0.496. The highest BCUT2D eigenvalue weighted by atomic mass is 32.1. The molecule has 1 heterocycles. The van der Waals surface area contributed by atoms with Gasteiger partial charge in [-0.15, -0.1) is 11.3 Å². The van der Waals surface area contributed by atoms with Crippen LogP contribution in [0.1, 0.15) is 28.9 Å². The van der Waals surface area contributed by atoms with Gasteiger partial charge < -0.3 is 9.84 Å². The fourth-order valence-electron chi connectivity index (χ4n) is 1.38. The lowest BCUT2D eigenvalue weighted by atomic mass is 9.86. The van der Waals surface area contributed by atoms with Gasteiger partial charge in [-0.25, -0.2) is 4.79 Å². The van der Waals surface area contributed by atoms with Crippen molar-refractivity contribution in [3.8, 4) is 5.75 Å². The van der Waals surface area contributed by atoms with E-state index < -0.39 is 5.97 Å². The Morgan fingerprint density at radius 1 is 1.64 bits per heavy atom. The first kappa shape index (κ1) is 9.52. The summed E-state index contributed by atoms with van der Waals surface area (Å²) < 4.78 is 5.49. The van der Waals surface area contributed by atoms with Crippen LogP contribution in [0.2, 0.25) is 0 Å². The molecule has 1 aromatic rings. The Kier molecular flexibility index (Phi) is 2.72. The van der Waals surface area contributed by atoms with Crippen LogP contribution in [-0.2, 0) is 0 Å². The Morgan fingerprint density at radius 3 is 2.93 bits per heavy atom. The highest BCUT2D eigenvalue weighted by molar-refractivity contribution is 7.12. The summed E-state index contributed by atoms with van der Waals surface area (Å²) >= 11 is 1.21. The summed E-state index contributed by atoms with van der Waals surface area (Å²) in [6.45, 7) is 0.732. The van der Waals surface area contributed by atoms with Crippen LogP contribution in [0.25, 0.3) is 0 Å². The number of aromatic carboxylic acids is 1. The lowest BCUT2D eigenvalue weighted by Gasteiger charge is -2.24. The second-order valence-electron chi connectivity index (χ2n) is 3.56. The molecule has 0 radical (unpaired) electrons. The summed E-state index contributed by atoms with van der Waals surface area (Å²) in [5, 5.41) is 10.4. The van der Waals surface area contributed by atoms with E-state index in [1.54, 1.807) is 11.4 Å². The number of thiophene rings is 1. The van der Waals surface area contributed by atoms with Gasteiger partial charge in [0.25, 0.3) is 0 Å². The van der Waals surface area contributed by atoms with E-state index in [-0.39, 0.29) is 0 Å². The van der Waals surface area contributed by atoms with Crippen molar-refractivity contribution in [1.29, 1.82) is 0 Å². The summed E-state index contributed by atoms with van der Waals surface area (Å²) in [5.41, 5.74) is 0. The Morgan fingerprint density at radius 2 is 2.43 bits per heavy atom. The van der Waals surface area contributed by atoms with E-state index in [4.69, 9.17) is 9.84 Å². The second kappa shape index (κ2) is 4.00. The molecule has 0 saturated heterocycles. The Labute approximate surface area is 86.3 Å². The first-order valence-electron chi connectivity index (χ1n) is 4.70. The minimum atomic E-state index is -0.881. The predicted octanol–water partition coefficient (Wildman–Crippen LogP) is 2.63. The lowest BCUT2D eigenvalue weighted by molar-refractivity contribution is 0.0701. The fourth-order valence-corrected chi connectivity index (χ4v) is 2.04. The molecule has 14 heavy (non-hydrogen) atoms. The number of carbonyl (C=O) groups is 1. The molecule has 0 aliphatic heterocycles. The van der Waals surface area contributed by atoms with Crippen LogP contribution in [-0.4, -0.2) is 17.7 Å². The standard InChI is InChI=1S/C10H12O3S/c11-10(12)9-4-8(6-14-9)13-5-7-2-1-3-7/h4,6-7H,1-3,5H2,(H,11,12). The van der Waals surface area contributed by atoms with Crippen LogP contribution in [0.4, 0.5) is 0 Å². The van der Waals surface area contributed by atoms with E-state index in [0.717, 1.165) is 6.61 Å². The Hall–Kier alpha value is -1.03. The van der Waals surface area contributed by atoms with Crippen LogP contribution < -0.4 is 4.74 Å². The van der Waals surface area contributed by atoms with Gasteiger partial charge in [-0.1, -0.05) is 6.42 Å². The predicted molar refractivity (Wildman–Crippen MR) is 54.1 cm³/mol. The van der Waals surface area contributed by atoms with E-state index >= 15 is 0 Å². The molecule has 1 N–H and O–H groups in total. The molecule has 1 saturated carbocycles. The zero-order valence-corrected chi connectivity index (χ0v) is 8.55. The van der Waals surface area contributed by atoms with Crippen LogP contribution in [0, 0.1) is 5.92 Å². The first-order chi connectivity index (χ1) is 6.75. The van der Waals surface area contributed by atoms with Gasteiger partial charge in [-0.2, -0.15) is 0 Å². The van der Waals surface area contributed by atoms with Gasteiger partial charge in [0.15, 0.2) is 0 Å². The van der Waals surface area contributed by atoms with Crippen LogP contribution >= 0.6 is 11.3 Å². The molecule has 1 aromatic heterocycles. The molecule has 76 valence electrons. The molecule has 0 bridgehead atoms. The molecular formula is C10H12O3S. The molecule has 0 unspecified atom stereocenters. The van der Waals surface area contributed by atoms with Crippen molar-refractivity contribution in [3.05, 3.63) is 16.3 Å². The molecule has 0 amide bonds. The molecule has 1 aliphatic rings. The maximum atomic E-state index is 10.6. The maximum absolute atomic E-state index is 10.6. The number of carboxylic acids is 1. The van der Waals surface area contributed by atoms with Gasteiger partial charge in [0.2, 0.25) is 0 Å².